The van der Waals surface area contributed by atoms with Crippen molar-refractivity contribution in [1.29, 1.82) is 0 Å². The molecule has 4 rings (SSSR count). The second kappa shape index (κ2) is 18.8. The summed E-state index contributed by atoms with van der Waals surface area (Å²) in [5.41, 5.74) is 13.8. The van der Waals surface area contributed by atoms with Crippen LogP contribution in [0, 0.1) is 0 Å². The molecular formula is C36H50N14O6+2. The average Bonchev–Trinajstić information content (AvgIpc) is 3.87. The Labute approximate surface area is 322 Å². The molecule has 298 valence electrons. The number of hydrogen-bond acceptors (Lipinski definition) is 6. The molecule has 0 spiro atoms. The molecule has 0 aliphatic carbocycles. The second-order valence-electron chi connectivity index (χ2n) is 13.3. The number of anilines is 4. The largest absolute Gasteiger partial charge is 0.350 e. The molecule has 14 N–H and O–H groups in total. The summed E-state index contributed by atoms with van der Waals surface area (Å²) in [4.78, 5) is 76.3. The van der Waals surface area contributed by atoms with Crippen molar-refractivity contribution in [3.05, 3.63) is 71.8 Å². The van der Waals surface area contributed by atoms with Crippen LogP contribution in [-0.2, 0) is 37.8 Å². The molecular weight excluding hydrogens is 724 g/mol. The third-order valence-corrected chi connectivity index (χ3v) is 8.49. The van der Waals surface area contributed by atoms with Crippen molar-refractivity contribution in [3.63, 3.8) is 0 Å². The van der Waals surface area contributed by atoms with Crippen LogP contribution in [-0.4, -0.2) is 78.5 Å². The minimum Gasteiger partial charge on any atom is -0.350 e. The quantitative estimate of drug-likeness (QED) is 0.0293. The van der Waals surface area contributed by atoms with Gasteiger partial charge in [0, 0.05) is 78.9 Å². The predicted molar refractivity (Wildman–Crippen MR) is 209 cm³/mol. The maximum Gasteiger partial charge on any atom is 0.272 e. The molecule has 0 radical (unpaired) electrons. The van der Waals surface area contributed by atoms with Crippen LogP contribution in [0.15, 0.2) is 49.1 Å². The van der Waals surface area contributed by atoms with E-state index in [2.05, 4.69) is 31.9 Å². The zero-order valence-corrected chi connectivity index (χ0v) is 31.8. The molecule has 0 aromatic carbocycles. The molecule has 0 atom stereocenters. The molecule has 56 heavy (non-hydrogen) atoms. The highest BCUT2D eigenvalue weighted by molar-refractivity contribution is 6.06. The number of amides is 6. The first-order valence-electron chi connectivity index (χ1n) is 17.7. The van der Waals surface area contributed by atoms with E-state index in [9.17, 15) is 28.8 Å². The summed E-state index contributed by atoms with van der Waals surface area (Å²) in [6, 6.07) is 6.16. The lowest BCUT2D eigenvalue weighted by Gasteiger charge is -2.04. The van der Waals surface area contributed by atoms with Gasteiger partial charge in [0.15, 0.2) is 0 Å². The molecule has 0 saturated carbocycles. The second-order valence-corrected chi connectivity index (χ2v) is 13.3. The maximum atomic E-state index is 13.0. The van der Waals surface area contributed by atoms with E-state index in [4.69, 9.17) is 22.3 Å². The van der Waals surface area contributed by atoms with Crippen molar-refractivity contribution in [3.8, 4) is 0 Å². The van der Waals surface area contributed by atoms with Gasteiger partial charge < -0.3 is 50.2 Å². The Morgan fingerprint density at radius 1 is 0.482 bits per heavy atom. The van der Waals surface area contributed by atoms with E-state index in [1.807, 2.05) is 0 Å². The van der Waals surface area contributed by atoms with E-state index in [0.717, 1.165) is 0 Å². The van der Waals surface area contributed by atoms with Gasteiger partial charge in [-0.1, -0.05) is 0 Å². The van der Waals surface area contributed by atoms with Gasteiger partial charge in [-0.15, -0.1) is 0 Å². The SMILES string of the molecule is Cn1cc(NC(=O)c2cc(NC(=O)CCCCC(=O)Nc3cc(C(=O)Nc4cc(C(=O)NCCC(N)=[NH2+])n(C)c4)n(C)c3)cn2C)cc1C(=O)NCCC(N)=[NH2+]. The number of nitrogens with two attached hydrogens (primary N) is 4. The van der Waals surface area contributed by atoms with Crippen LogP contribution < -0.4 is 54.2 Å². The summed E-state index contributed by atoms with van der Waals surface area (Å²) < 4.78 is 6.30. The number of rotatable bonds is 19. The lowest BCUT2D eigenvalue weighted by Crippen LogP contribution is -2.47. The van der Waals surface area contributed by atoms with E-state index in [1.54, 1.807) is 83.4 Å². The van der Waals surface area contributed by atoms with Crippen molar-refractivity contribution >= 4 is 69.9 Å². The number of nitrogens with one attached hydrogen (secondary N) is 6. The van der Waals surface area contributed by atoms with Crippen LogP contribution in [0.2, 0.25) is 0 Å². The van der Waals surface area contributed by atoms with Crippen molar-refractivity contribution < 1.29 is 39.6 Å². The first-order chi connectivity index (χ1) is 26.5. The maximum absolute atomic E-state index is 13.0. The summed E-state index contributed by atoms with van der Waals surface area (Å²) in [7, 11) is 6.68. The van der Waals surface area contributed by atoms with E-state index >= 15 is 0 Å². The smallest absolute Gasteiger partial charge is 0.272 e. The van der Waals surface area contributed by atoms with Crippen LogP contribution in [0.4, 0.5) is 22.7 Å². The van der Waals surface area contributed by atoms with Gasteiger partial charge in [0.2, 0.25) is 23.5 Å². The first-order valence-corrected chi connectivity index (χ1v) is 17.7. The molecule has 0 aliphatic heterocycles. The minimum atomic E-state index is -0.440. The zero-order valence-electron chi connectivity index (χ0n) is 31.8. The van der Waals surface area contributed by atoms with Gasteiger partial charge in [-0.3, -0.25) is 51.1 Å². The number of nitrogens with zero attached hydrogens (tertiary/aromatic N) is 4. The number of aryl methyl sites for hydroxylation is 4. The molecule has 6 amide bonds. The summed E-state index contributed by atoms with van der Waals surface area (Å²) in [5.74, 6) is -1.71. The van der Waals surface area contributed by atoms with Crippen LogP contribution in [0.3, 0.4) is 0 Å². The number of carbonyl (C=O) groups is 6. The first kappa shape index (κ1) is 41.6. The van der Waals surface area contributed by atoms with Gasteiger partial charge >= 0.3 is 0 Å². The van der Waals surface area contributed by atoms with E-state index in [0.29, 0.717) is 59.8 Å². The monoisotopic (exact) mass is 774 g/mol. The molecule has 0 bridgehead atoms. The van der Waals surface area contributed by atoms with Crippen molar-refractivity contribution in [2.45, 2.75) is 38.5 Å². The highest BCUT2D eigenvalue weighted by Gasteiger charge is 2.19. The summed E-state index contributed by atoms with van der Waals surface area (Å²) in [6.45, 7) is 0.548. The van der Waals surface area contributed by atoms with Crippen LogP contribution >= 0.6 is 0 Å². The Balaban J connectivity index is 1.19. The zero-order chi connectivity index (χ0) is 41.1. The lowest BCUT2D eigenvalue weighted by molar-refractivity contribution is -0.118. The normalized spacial score (nSPS) is 10.7. The minimum absolute atomic E-state index is 0.147. The number of unbranched alkanes of at least 4 members (excludes halogenated alkanes) is 1. The summed E-state index contributed by atoms with van der Waals surface area (Å²) >= 11 is 0. The fourth-order valence-electron chi connectivity index (χ4n) is 5.66. The van der Waals surface area contributed by atoms with Gasteiger partial charge in [-0.25, -0.2) is 0 Å². The van der Waals surface area contributed by atoms with Gasteiger partial charge in [0.05, 0.1) is 35.6 Å². The van der Waals surface area contributed by atoms with Crippen LogP contribution in [0.25, 0.3) is 0 Å². The topological polar surface area (TPSA) is 298 Å². The third kappa shape index (κ3) is 11.7. The highest BCUT2D eigenvalue weighted by atomic mass is 16.2. The van der Waals surface area contributed by atoms with Gasteiger partial charge in [-0.2, -0.15) is 0 Å². The lowest BCUT2D eigenvalue weighted by atomic mass is 10.1. The molecule has 4 aromatic heterocycles. The third-order valence-electron chi connectivity index (χ3n) is 8.49. The number of carbonyl (C=O) groups excluding carboxylic acids is 6. The van der Waals surface area contributed by atoms with Crippen molar-refractivity contribution in [1.82, 2.24) is 28.9 Å². The van der Waals surface area contributed by atoms with Gasteiger partial charge in [0.25, 0.3) is 23.6 Å². The van der Waals surface area contributed by atoms with E-state index in [1.165, 1.54) is 12.1 Å². The molecule has 20 heteroatoms. The van der Waals surface area contributed by atoms with E-state index < -0.39 is 11.8 Å². The van der Waals surface area contributed by atoms with Crippen molar-refractivity contribution in [2.24, 2.45) is 39.7 Å². The Morgan fingerprint density at radius 2 is 0.768 bits per heavy atom. The van der Waals surface area contributed by atoms with Gasteiger partial charge in [-0.05, 0) is 37.1 Å². The highest BCUT2D eigenvalue weighted by Crippen LogP contribution is 2.20. The fourth-order valence-corrected chi connectivity index (χ4v) is 5.66. The number of aromatic nitrogens is 4. The number of amidine groups is 2. The number of hydrogen-bond donors (Lipinski definition) is 10. The summed E-state index contributed by atoms with van der Waals surface area (Å²) in [6.07, 6.45) is 8.25. The Morgan fingerprint density at radius 3 is 1.07 bits per heavy atom. The Hall–Kier alpha value is -7.12. The van der Waals surface area contributed by atoms with Crippen molar-refractivity contribution in [2.75, 3.05) is 34.4 Å². The van der Waals surface area contributed by atoms with E-state index in [-0.39, 0.29) is 72.6 Å². The Kier molecular flexibility index (Phi) is 14.0. The van der Waals surface area contributed by atoms with Crippen LogP contribution in [0.5, 0.6) is 0 Å². The molecule has 4 heterocycles. The van der Waals surface area contributed by atoms with Gasteiger partial charge in [0.1, 0.15) is 22.8 Å². The molecule has 0 aliphatic rings. The molecule has 20 nitrogen and oxygen atoms in total. The molecule has 4 aromatic rings. The standard InChI is InChI=1S/C36H48N14O6/c1-47-19-23(15-25(47)33(53)41-11-9-29(37)38)45-35(55)27-13-21(17-49(27)3)43-31(51)7-5-6-8-32(52)44-22-14-28(50(4)18-22)36(56)46-24-16-26(48(2)20-24)34(54)42-12-10-30(39)40/h13-20H,5-12H2,1-4H3,(H3,37,38)(H3,39,40)(H,41,53)(H,42,54)(H,43,51)(H,44,52)(H,45,55)(H,46,56)/p+2. The molecule has 0 saturated heterocycles. The Bertz CT molecular complexity index is 2000. The summed E-state index contributed by atoms with van der Waals surface area (Å²) in [5, 5.41) is 27.4. The molecule has 0 fully saturated rings. The molecule has 0 unspecified atom stereocenters. The van der Waals surface area contributed by atoms with Crippen LogP contribution in [0.1, 0.15) is 80.5 Å². The average molecular weight is 775 g/mol. The fraction of sp³-hybridized carbons (Fsp3) is 0.333. The predicted octanol–water partition coefficient (Wildman–Crippen LogP) is -1.84.